The largest absolute Gasteiger partial charge is 0.508 e. The number of benzene rings is 2. The number of hydrogen-bond donors (Lipinski definition) is 2. The van der Waals surface area contributed by atoms with Gasteiger partial charge in [-0.25, -0.2) is 4.39 Å². The second-order valence-corrected chi connectivity index (χ2v) is 11.9. The Morgan fingerprint density at radius 3 is 2.76 bits per heavy atom. The van der Waals surface area contributed by atoms with Gasteiger partial charge in [-0.1, -0.05) is 18.1 Å². The fourth-order valence-corrected chi connectivity index (χ4v) is 6.76. The number of aromatic hydroxyl groups is 1. The van der Waals surface area contributed by atoms with Gasteiger partial charge >= 0.3 is 6.01 Å². The number of phenols is 1. The lowest BCUT2D eigenvalue weighted by molar-refractivity contribution is 0.108. The minimum atomic E-state index is -0.600. The van der Waals surface area contributed by atoms with Crippen molar-refractivity contribution in [3.63, 3.8) is 0 Å². The average Bonchev–Trinajstić information content (AvgIpc) is 3.49. The highest BCUT2D eigenvalue weighted by molar-refractivity contribution is 6.02. The van der Waals surface area contributed by atoms with E-state index in [2.05, 4.69) is 45.0 Å². The third kappa shape index (κ3) is 4.42. The summed E-state index contributed by atoms with van der Waals surface area (Å²) in [7, 11) is 2.10. The van der Waals surface area contributed by atoms with Gasteiger partial charge in [0.15, 0.2) is 5.82 Å². The molecule has 8 nitrogen and oxygen atoms in total. The molecule has 3 aliphatic heterocycles. The third-order valence-electron chi connectivity index (χ3n) is 9.17. The molecule has 2 N–H and O–H groups in total. The number of likely N-dealkylation sites (tertiary alicyclic amines) is 1. The van der Waals surface area contributed by atoms with Crippen molar-refractivity contribution < 1.29 is 14.2 Å². The predicted molar refractivity (Wildman–Crippen MR) is 158 cm³/mol. The lowest BCUT2D eigenvalue weighted by atomic mass is 9.96. The van der Waals surface area contributed by atoms with Crippen molar-refractivity contribution in [2.75, 3.05) is 38.2 Å². The lowest BCUT2D eigenvalue weighted by Gasteiger charge is -2.34. The Bertz CT molecular complexity index is 1710. The van der Waals surface area contributed by atoms with Crippen molar-refractivity contribution in [3.05, 3.63) is 47.9 Å². The highest BCUT2D eigenvalue weighted by atomic mass is 19.1. The van der Waals surface area contributed by atoms with Crippen LogP contribution in [0.1, 0.15) is 38.2 Å². The smallest absolute Gasteiger partial charge is 0.319 e. The first-order valence-corrected chi connectivity index (χ1v) is 14.3. The van der Waals surface area contributed by atoms with Crippen LogP contribution in [0.2, 0.25) is 0 Å². The Labute approximate surface area is 238 Å². The molecule has 9 heteroatoms. The van der Waals surface area contributed by atoms with Gasteiger partial charge in [0.1, 0.15) is 29.4 Å². The summed E-state index contributed by atoms with van der Waals surface area (Å²) in [6.45, 7) is 5.13. The van der Waals surface area contributed by atoms with E-state index in [1.807, 2.05) is 12.1 Å². The normalized spacial score (nSPS) is 24.3. The van der Waals surface area contributed by atoms with Crippen LogP contribution in [0.15, 0.2) is 36.5 Å². The molecule has 2 bridgehead atoms. The molecule has 0 aliphatic carbocycles. The standard InChI is InChI=1S/C32H33FN6O2/c1-4-19-7-5-8-20-13-23(40)14-24(26(19)20)28-27(33)29-25(15-34-28)30(39-16-21-9-10-22(17-39)35-21)37-31(36-29)41-18-32(2)11-6-12-38(32)3/h1,5,7-8,13-15,21-22,35,40H,6,9-12,16-18H2,2-3H3/t21?,22?,32-/m0/s1. The summed E-state index contributed by atoms with van der Waals surface area (Å²) in [6, 6.07) is 9.46. The van der Waals surface area contributed by atoms with E-state index in [1.54, 1.807) is 18.3 Å². The van der Waals surface area contributed by atoms with Gasteiger partial charge in [0.25, 0.3) is 0 Å². The van der Waals surface area contributed by atoms with Gasteiger partial charge in [-0.2, -0.15) is 9.97 Å². The van der Waals surface area contributed by atoms with Crippen molar-refractivity contribution in [1.82, 2.24) is 25.2 Å². The van der Waals surface area contributed by atoms with Crippen molar-refractivity contribution in [3.8, 4) is 35.4 Å². The number of fused-ring (bicyclic) bond motifs is 4. The molecule has 3 aliphatic rings. The molecule has 2 aromatic carbocycles. The first kappa shape index (κ1) is 25.9. The van der Waals surface area contributed by atoms with E-state index in [9.17, 15) is 5.11 Å². The topological polar surface area (TPSA) is 86.6 Å². The molecule has 3 fully saturated rings. The number of nitrogens with one attached hydrogen (secondary N) is 1. The highest BCUT2D eigenvalue weighted by Gasteiger charge is 2.36. The predicted octanol–water partition coefficient (Wildman–Crippen LogP) is 4.47. The van der Waals surface area contributed by atoms with Crippen LogP contribution < -0.4 is 15.0 Å². The third-order valence-corrected chi connectivity index (χ3v) is 9.17. The number of aromatic nitrogens is 3. The van der Waals surface area contributed by atoms with Gasteiger partial charge in [0.2, 0.25) is 0 Å². The number of likely N-dealkylation sites (N-methyl/N-ethyl adjacent to an activating group) is 1. The van der Waals surface area contributed by atoms with E-state index in [0.717, 1.165) is 45.3 Å². The Morgan fingerprint density at radius 2 is 2.02 bits per heavy atom. The fourth-order valence-electron chi connectivity index (χ4n) is 6.76. The number of nitrogens with zero attached hydrogens (tertiary/aromatic N) is 5. The zero-order valence-electron chi connectivity index (χ0n) is 23.3. The Balaban J connectivity index is 1.39. The van der Waals surface area contributed by atoms with Gasteiger partial charge in [0, 0.05) is 47.9 Å². The van der Waals surface area contributed by atoms with Crippen molar-refractivity contribution in [1.29, 1.82) is 0 Å². The number of pyridine rings is 1. The van der Waals surface area contributed by atoms with Gasteiger partial charge in [-0.05, 0) is 69.8 Å². The van der Waals surface area contributed by atoms with Crippen molar-refractivity contribution >= 4 is 27.5 Å². The Kier molecular flexibility index (Phi) is 6.21. The SMILES string of the molecule is C#Cc1cccc2cc(O)cc(-c3ncc4c(N5CC6CCC(C5)N6)nc(OC[C@]5(C)CCCN5C)nc4c3F)c12. The summed E-state index contributed by atoms with van der Waals surface area (Å²) in [5.74, 6) is 2.72. The number of rotatable bonds is 5. The summed E-state index contributed by atoms with van der Waals surface area (Å²) in [6.07, 6.45) is 11.8. The van der Waals surface area contributed by atoms with E-state index >= 15 is 4.39 Å². The lowest BCUT2D eigenvalue weighted by Crippen LogP contribution is -2.51. The number of piperazine rings is 1. The van der Waals surface area contributed by atoms with E-state index in [4.69, 9.17) is 16.1 Å². The van der Waals surface area contributed by atoms with Crippen LogP contribution in [0.4, 0.5) is 10.2 Å². The molecule has 2 aromatic heterocycles. The Hall–Kier alpha value is -4.00. The van der Waals surface area contributed by atoms with Gasteiger partial charge in [0.05, 0.1) is 10.9 Å². The number of terminal acetylenes is 1. The number of phenolic OH excluding ortho intramolecular Hbond substituents is 1. The molecule has 5 heterocycles. The summed E-state index contributed by atoms with van der Waals surface area (Å²) < 4.78 is 22.9. The number of anilines is 1. The van der Waals surface area contributed by atoms with Crippen LogP contribution in [0.5, 0.6) is 11.8 Å². The second-order valence-electron chi connectivity index (χ2n) is 11.9. The molecular formula is C32H33FN6O2. The average molecular weight is 553 g/mol. The van der Waals surface area contributed by atoms with Crippen LogP contribution in [-0.4, -0.2) is 75.9 Å². The molecule has 0 radical (unpaired) electrons. The van der Waals surface area contributed by atoms with Crippen LogP contribution >= 0.6 is 0 Å². The van der Waals surface area contributed by atoms with E-state index in [0.29, 0.717) is 51.8 Å². The molecule has 7 rings (SSSR count). The van der Waals surface area contributed by atoms with Gasteiger partial charge in [-0.15, -0.1) is 6.42 Å². The number of hydrogen-bond acceptors (Lipinski definition) is 8. The van der Waals surface area contributed by atoms with Crippen LogP contribution in [0, 0.1) is 18.2 Å². The summed E-state index contributed by atoms with van der Waals surface area (Å²) in [4.78, 5) is 18.6. The first-order chi connectivity index (χ1) is 19.8. The molecule has 3 saturated heterocycles. The summed E-state index contributed by atoms with van der Waals surface area (Å²) in [5.41, 5.74) is 1.08. The molecule has 0 amide bonds. The molecular weight excluding hydrogens is 519 g/mol. The van der Waals surface area contributed by atoms with Gasteiger partial charge < -0.3 is 20.1 Å². The van der Waals surface area contributed by atoms with E-state index in [-0.39, 0.29) is 28.5 Å². The maximum Gasteiger partial charge on any atom is 0.319 e. The van der Waals surface area contributed by atoms with Crippen LogP contribution in [0.3, 0.4) is 0 Å². The molecule has 210 valence electrons. The number of ether oxygens (including phenoxy) is 1. The van der Waals surface area contributed by atoms with Crippen molar-refractivity contribution in [2.45, 2.75) is 50.2 Å². The first-order valence-electron chi connectivity index (χ1n) is 14.3. The Morgan fingerprint density at radius 1 is 1.22 bits per heavy atom. The maximum absolute atomic E-state index is 16.6. The van der Waals surface area contributed by atoms with Crippen LogP contribution in [0.25, 0.3) is 32.9 Å². The summed E-state index contributed by atoms with van der Waals surface area (Å²) in [5, 5.41) is 16.0. The zero-order valence-corrected chi connectivity index (χ0v) is 23.3. The molecule has 0 saturated carbocycles. The van der Waals surface area contributed by atoms with Gasteiger partial charge in [-0.3, -0.25) is 9.88 Å². The molecule has 3 atom stereocenters. The molecule has 4 aromatic rings. The maximum atomic E-state index is 16.6. The highest BCUT2D eigenvalue weighted by Crippen LogP contribution is 2.39. The quantitative estimate of drug-likeness (QED) is 0.351. The summed E-state index contributed by atoms with van der Waals surface area (Å²) >= 11 is 0. The molecule has 41 heavy (non-hydrogen) atoms. The minimum absolute atomic E-state index is 0.000543. The number of halogens is 1. The monoisotopic (exact) mass is 552 g/mol. The fraction of sp³-hybridized carbons (Fsp3) is 0.406. The molecule has 2 unspecified atom stereocenters. The van der Waals surface area contributed by atoms with E-state index < -0.39 is 5.82 Å². The van der Waals surface area contributed by atoms with E-state index in [1.165, 1.54) is 6.07 Å². The van der Waals surface area contributed by atoms with Crippen molar-refractivity contribution in [2.24, 2.45) is 0 Å². The minimum Gasteiger partial charge on any atom is -0.508 e. The van der Waals surface area contributed by atoms with Crippen LogP contribution in [-0.2, 0) is 0 Å². The molecule has 0 spiro atoms. The second kappa shape index (κ2) is 9.82. The zero-order chi connectivity index (χ0) is 28.3.